The monoisotopic (exact) mass is 452 g/mol. The Morgan fingerprint density at radius 2 is 1.67 bits per heavy atom. The van der Waals surface area contributed by atoms with Crippen LogP contribution in [0.3, 0.4) is 0 Å². The number of ether oxygens (including phenoxy) is 1. The van der Waals surface area contributed by atoms with Crippen LogP contribution in [-0.2, 0) is 4.74 Å². The molecule has 4 rings (SSSR count). The first kappa shape index (κ1) is 22.4. The van der Waals surface area contributed by atoms with Gasteiger partial charge < -0.3 is 20.3 Å². The molecule has 0 heterocycles. The van der Waals surface area contributed by atoms with Gasteiger partial charge in [0, 0.05) is 12.5 Å². The number of aliphatic hydroxyl groups excluding tert-OH is 2. The largest absolute Gasteiger partial charge is 0.449 e. The molecule has 0 bridgehead atoms. The summed E-state index contributed by atoms with van der Waals surface area (Å²) in [5, 5.41) is 33.9. The maximum atomic E-state index is 13.3. The molecular weight excluding hydrogens is 431 g/mol. The molecule has 0 radical (unpaired) electrons. The van der Waals surface area contributed by atoms with Crippen molar-refractivity contribution in [2.24, 2.45) is 0 Å². The topological polar surface area (TPSA) is 122 Å². The molecule has 0 saturated heterocycles. The number of hydrogen-bond donors (Lipinski definition) is 3. The summed E-state index contributed by atoms with van der Waals surface area (Å²) in [6.07, 6.45) is -4.09. The van der Waals surface area contributed by atoms with Gasteiger partial charge in [-0.1, -0.05) is 48.5 Å². The van der Waals surface area contributed by atoms with Gasteiger partial charge in [-0.3, -0.25) is 10.1 Å². The van der Waals surface area contributed by atoms with Crippen LogP contribution in [0.15, 0.2) is 66.7 Å². The van der Waals surface area contributed by atoms with Crippen LogP contribution in [-0.4, -0.2) is 40.5 Å². The second kappa shape index (κ2) is 9.35. The first-order valence-electron chi connectivity index (χ1n) is 10.3. The minimum absolute atomic E-state index is 0.0714. The van der Waals surface area contributed by atoms with Crippen molar-refractivity contribution in [3.05, 3.63) is 99.4 Å². The minimum Gasteiger partial charge on any atom is -0.449 e. The van der Waals surface area contributed by atoms with Gasteiger partial charge in [-0.25, -0.2) is 9.18 Å². The molecule has 1 aliphatic rings. The van der Waals surface area contributed by atoms with E-state index in [0.717, 1.165) is 34.4 Å². The zero-order valence-electron chi connectivity index (χ0n) is 17.3. The maximum Gasteiger partial charge on any atom is 0.407 e. The normalized spacial score (nSPS) is 14.2. The van der Waals surface area contributed by atoms with Crippen molar-refractivity contribution in [2.45, 2.75) is 18.1 Å². The number of halogens is 1. The first-order valence-corrected chi connectivity index (χ1v) is 10.3. The number of nitro benzene ring substituents is 1. The third kappa shape index (κ3) is 4.55. The Kier molecular flexibility index (Phi) is 6.34. The summed E-state index contributed by atoms with van der Waals surface area (Å²) in [6, 6.07) is 18.4. The summed E-state index contributed by atoms with van der Waals surface area (Å²) < 4.78 is 18.7. The molecule has 9 heteroatoms. The molecule has 2 atom stereocenters. The number of aliphatic hydroxyl groups is 2. The zero-order chi connectivity index (χ0) is 23.5. The van der Waals surface area contributed by atoms with Gasteiger partial charge in [-0.05, 0) is 34.4 Å². The Hall–Kier alpha value is -3.82. The summed E-state index contributed by atoms with van der Waals surface area (Å²) in [4.78, 5) is 22.5. The zero-order valence-corrected chi connectivity index (χ0v) is 17.3. The van der Waals surface area contributed by atoms with Crippen molar-refractivity contribution in [1.82, 2.24) is 5.32 Å². The number of hydrogen-bond acceptors (Lipinski definition) is 6. The fourth-order valence-electron chi connectivity index (χ4n) is 4.08. The highest BCUT2D eigenvalue weighted by molar-refractivity contribution is 5.79. The van der Waals surface area contributed by atoms with Gasteiger partial charge in [0.05, 0.1) is 16.6 Å². The molecule has 3 aromatic rings. The molecule has 33 heavy (non-hydrogen) atoms. The minimum atomic E-state index is -1.71. The van der Waals surface area contributed by atoms with Crippen LogP contribution in [0.1, 0.15) is 28.7 Å². The number of nitrogens with zero attached hydrogens (tertiary/aromatic N) is 1. The number of nitrogens with one attached hydrogen (secondary N) is 1. The average Bonchev–Trinajstić information content (AvgIpc) is 3.14. The van der Waals surface area contributed by atoms with E-state index in [9.17, 15) is 29.5 Å². The van der Waals surface area contributed by atoms with E-state index in [2.05, 4.69) is 5.32 Å². The van der Waals surface area contributed by atoms with Crippen molar-refractivity contribution in [3.8, 4) is 11.1 Å². The van der Waals surface area contributed by atoms with Gasteiger partial charge in [-0.15, -0.1) is 0 Å². The van der Waals surface area contributed by atoms with E-state index in [4.69, 9.17) is 4.74 Å². The number of rotatable bonds is 7. The Morgan fingerprint density at radius 3 is 2.27 bits per heavy atom. The van der Waals surface area contributed by atoms with E-state index in [1.54, 1.807) is 0 Å². The molecule has 3 aromatic carbocycles. The Balaban J connectivity index is 1.36. The predicted octanol–water partition coefficient (Wildman–Crippen LogP) is 3.67. The molecule has 0 fully saturated rings. The van der Waals surface area contributed by atoms with Gasteiger partial charge in [0.1, 0.15) is 24.6 Å². The predicted molar refractivity (Wildman–Crippen MR) is 117 cm³/mol. The summed E-state index contributed by atoms with van der Waals surface area (Å²) in [7, 11) is 0. The van der Waals surface area contributed by atoms with Crippen LogP contribution in [0, 0.1) is 15.9 Å². The highest BCUT2D eigenvalue weighted by atomic mass is 19.1. The van der Waals surface area contributed by atoms with Gasteiger partial charge >= 0.3 is 6.09 Å². The number of carbonyl (C=O) groups is 1. The average molecular weight is 452 g/mol. The summed E-state index contributed by atoms with van der Waals surface area (Å²) in [5.41, 5.74) is 3.34. The second-order valence-electron chi connectivity index (χ2n) is 7.68. The number of fused-ring (bicyclic) bond motifs is 3. The molecule has 8 nitrogen and oxygen atoms in total. The third-order valence-electron chi connectivity index (χ3n) is 5.67. The number of amides is 1. The van der Waals surface area contributed by atoms with Gasteiger partial charge in [-0.2, -0.15) is 0 Å². The van der Waals surface area contributed by atoms with Gasteiger partial charge in [0.15, 0.2) is 0 Å². The molecule has 0 spiro atoms. The molecular formula is C24H21FN2O6. The van der Waals surface area contributed by atoms with E-state index in [0.29, 0.717) is 6.07 Å². The van der Waals surface area contributed by atoms with Crippen molar-refractivity contribution in [2.75, 3.05) is 13.2 Å². The van der Waals surface area contributed by atoms with Crippen molar-refractivity contribution in [1.29, 1.82) is 0 Å². The summed E-state index contributed by atoms with van der Waals surface area (Å²) in [6.45, 7) is -0.353. The lowest BCUT2D eigenvalue weighted by Crippen LogP contribution is -2.36. The molecule has 1 amide bonds. The number of nitro groups is 1. The Labute approximate surface area is 188 Å². The van der Waals surface area contributed by atoms with Crippen molar-refractivity contribution in [3.63, 3.8) is 0 Å². The molecule has 0 saturated carbocycles. The van der Waals surface area contributed by atoms with E-state index in [-0.39, 0.29) is 18.1 Å². The first-order chi connectivity index (χ1) is 15.9. The number of carbonyl (C=O) groups excluding carboxylic acids is 1. The van der Waals surface area contributed by atoms with Gasteiger partial charge in [0.2, 0.25) is 0 Å². The lowest BCUT2D eigenvalue weighted by molar-refractivity contribution is -0.386. The van der Waals surface area contributed by atoms with Crippen LogP contribution in [0.4, 0.5) is 14.9 Å². The van der Waals surface area contributed by atoms with Crippen LogP contribution in [0.25, 0.3) is 11.1 Å². The fraction of sp³-hybridized carbons (Fsp3) is 0.208. The van der Waals surface area contributed by atoms with Crippen LogP contribution < -0.4 is 5.32 Å². The van der Waals surface area contributed by atoms with Crippen LogP contribution in [0.5, 0.6) is 0 Å². The van der Waals surface area contributed by atoms with Crippen LogP contribution >= 0.6 is 0 Å². The molecule has 2 unspecified atom stereocenters. The van der Waals surface area contributed by atoms with E-state index in [1.165, 1.54) is 0 Å². The Bertz CT molecular complexity index is 1160. The quantitative estimate of drug-likeness (QED) is 0.371. The maximum absolute atomic E-state index is 13.3. The van der Waals surface area contributed by atoms with E-state index < -0.39 is 41.3 Å². The lowest BCUT2D eigenvalue weighted by Gasteiger charge is -2.19. The van der Waals surface area contributed by atoms with E-state index in [1.807, 2.05) is 48.5 Å². The smallest absolute Gasteiger partial charge is 0.407 e. The van der Waals surface area contributed by atoms with E-state index >= 15 is 0 Å². The van der Waals surface area contributed by atoms with Gasteiger partial charge in [0.25, 0.3) is 5.69 Å². The van der Waals surface area contributed by atoms with Crippen molar-refractivity contribution < 1.29 is 29.1 Å². The second-order valence-corrected chi connectivity index (χ2v) is 7.68. The fourth-order valence-corrected chi connectivity index (χ4v) is 4.08. The number of benzene rings is 3. The summed E-state index contributed by atoms with van der Waals surface area (Å²) >= 11 is 0. The highest BCUT2D eigenvalue weighted by Gasteiger charge is 2.30. The molecule has 3 N–H and O–H groups in total. The molecule has 0 aliphatic heterocycles. The molecule has 1 aliphatic carbocycles. The summed E-state index contributed by atoms with van der Waals surface area (Å²) in [5.74, 6) is -0.982. The SMILES string of the molecule is O=C(NCC(O)C(O)c1ccc(F)cc1[N+](=O)[O-])OCC1c2ccccc2-c2ccccc21. The van der Waals surface area contributed by atoms with Crippen molar-refractivity contribution >= 4 is 11.8 Å². The van der Waals surface area contributed by atoms with Crippen LogP contribution in [0.2, 0.25) is 0 Å². The third-order valence-corrected chi connectivity index (χ3v) is 5.67. The standard InChI is InChI=1S/C24H21FN2O6/c25-14-9-10-19(21(11-14)27(31)32)23(29)22(28)12-26-24(30)33-13-20-17-7-3-1-5-15(17)16-6-2-4-8-18(16)20/h1-11,20,22-23,28-29H,12-13H2,(H,26,30). The Morgan fingerprint density at radius 1 is 1.06 bits per heavy atom. The molecule has 170 valence electrons. The highest BCUT2D eigenvalue weighted by Crippen LogP contribution is 2.44. The molecule has 0 aromatic heterocycles. The lowest BCUT2D eigenvalue weighted by atomic mass is 9.98. The number of alkyl carbamates (subject to hydrolysis) is 1.